The Bertz CT molecular complexity index is 1030. The summed E-state index contributed by atoms with van der Waals surface area (Å²) in [5.74, 6) is 1.02. The van der Waals surface area contributed by atoms with Gasteiger partial charge in [0.2, 0.25) is 0 Å². The third-order valence-corrected chi connectivity index (χ3v) is 5.19. The molecule has 1 fully saturated rings. The number of aromatic nitrogens is 3. The second kappa shape index (κ2) is 7.33. The molecule has 1 saturated heterocycles. The highest BCUT2D eigenvalue weighted by atomic mass is 15.2. The van der Waals surface area contributed by atoms with E-state index in [9.17, 15) is 0 Å². The maximum Gasteiger partial charge on any atom is 0.123 e. The average Bonchev–Trinajstić information content (AvgIpc) is 3.34. The van der Waals surface area contributed by atoms with Gasteiger partial charge in [0, 0.05) is 5.39 Å². The van der Waals surface area contributed by atoms with Crippen molar-refractivity contribution in [2.24, 2.45) is 0 Å². The van der Waals surface area contributed by atoms with E-state index in [1.54, 1.807) is 0 Å². The number of para-hydroxylation sites is 1. The zero-order valence-corrected chi connectivity index (χ0v) is 15.7. The number of fused-ring (bicyclic) bond motifs is 1. The van der Waals surface area contributed by atoms with Gasteiger partial charge >= 0.3 is 0 Å². The van der Waals surface area contributed by atoms with Gasteiger partial charge in [0.05, 0.1) is 29.1 Å². The van der Waals surface area contributed by atoms with E-state index in [-0.39, 0.29) is 0 Å². The van der Waals surface area contributed by atoms with Crippen LogP contribution in [0.5, 0.6) is 0 Å². The van der Waals surface area contributed by atoms with E-state index in [1.165, 1.54) is 6.42 Å². The summed E-state index contributed by atoms with van der Waals surface area (Å²) in [5.41, 5.74) is 4.53. The van der Waals surface area contributed by atoms with Crippen LogP contribution in [0.15, 0.2) is 67.9 Å². The standard InChI is InChI=1S/C23H24N4/c1-16(19-13-12-18-7-4-5-8-20(18)25-19)10-11-17(2)21-15-24-23(26-21)22-9-6-14-27(22)3/h4-5,7-8,10-13,15,22H,1-2,6,9,14H2,3H3,(H,24,26)/b11-10-. The Morgan fingerprint density at radius 2 is 1.96 bits per heavy atom. The minimum absolute atomic E-state index is 0.382. The fraction of sp³-hybridized carbons (Fsp3) is 0.217. The number of allylic oxidation sites excluding steroid dienone is 4. The summed E-state index contributed by atoms with van der Waals surface area (Å²) < 4.78 is 0. The lowest BCUT2D eigenvalue weighted by Crippen LogP contribution is -2.18. The first kappa shape index (κ1) is 17.4. The van der Waals surface area contributed by atoms with Gasteiger partial charge in [0.25, 0.3) is 0 Å². The molecule has 3 aromatic rings. The van der Waals surface area contributed by atoms with Crippen molar-refractivity contribution in [2.45, 2.75) is 18.9 Å². The van der Waals surface area contributed by atoms with Crippen LogP contribution in [0.2, 0.25) is 0 Å². The van der Waals surface area contributed by atoms with Gasteiger partial charge in [-0.1, -0.05) is 49.6 Å². The average molecular weight is 356 g/mol. The summed E-state index contributed by atoms with van der Waals surface area (Å²) in [4.78, 5) is 15.0. The lowest BCUT2D eigenvalue weighted by Gasteiger charge is -2.16. The minimum atomic E-state index is 0.382. The van der Waals surface area contributed by atoms with Gasteiger partial charge < -0.3 is 4.98 Å². The van der Waals surface area contributed by atoms with Crippen LogP contribution < -0.4 is 0 Å². The summed E-state index contributed by atoms with van der Waals surface area (Å²) in [6.07, 6.45) is 8.16. The number of rotatable bonds is 5. The van der Waals surface area contributed by atoms with Crippen LogP contribution >= 0.6 is 0 Å². The Hall–Kier alpha value is -2.98. The van der Waals surface area contributed by atoms with Crippen molar-refractivity contribution in [2.75, 3.05) is 13.6 Å². The normalized spacial score (nSPS) is 17.7. The first-order valence-electron chi connectivity index (χ1n) is 9.29. The van der Waals surface area contributed by atoms with E-state index in [1.807, 2.05) is 42.6 Å². The molecule has 0 saturated carbocycles. The number of hydrogen-bond acceptors (Lipinski definition) is 3. The van der Waals surface area contributed by atoms with E-state index >= 15 is 0 Å². The Labute approximate surface area is 160 Å². The van der Waals surface area contributed by atoms with Crippen LogP contribution in [0.3, 0.4) is 0 Å². The summed E-state index contributed by atoms with van der Waals surface area (Å²) in [5, 5.41) is 1.13. The number of benzene rings is 1. The Morgan fingerprint density at radius 1 is 1.15 bits per heavy atom. The first-order chi connectivity index (χ1) is 13.1. The zero-order chi connectivity index (χ0) is 18.8. The molecule has 1 aliphatic rings. The number of H-pyrrole nitrogens is 1. The maximum atomic E-state index is 4.68. The van der Waals surface area contributed by atoms with Crippen molar-refractivity contribution in [3.05, 3.63) is 85.1 Å². The quantitative estimate of drug-likeness (QED) is 0.654. The second-order valence-electron chi connectivity index (χ2n) is 7.09. The van der Waals surface area contributed by atoms with Crippen molar-refractivity contribution < 1.29 is 0 Å². The number of imidazole rings is 1. The second-order valence-corrected chi connectivity index (χ2v) is 7.09. The molecule has 3 heterocycles. The Kier molecular flexibility index (Phi) is 4.73. The molecule has 0 amide bonds. The lowest BCUT2D eigenvalue weighted by atomic mass is 10.1. The smallest absolute Gasteiger partial charge is 0.123 e. The summed E-state index contributed by atoms with van der Waals surface area (Å²) in [6.45, 7) is 9.44. The minimum Gasteiger partial charge on any atom is -0.341 e. The summed E-state index contributed by atoms with van der Waals surface area (Å²) in [6, 6.07) is 12.5. The Morgan fingerprint density at radius 3 is 2.78 bits per heavy atom. The van der Waals surface area contributed by atoms with Crippen molar-refractivity contribution in [3.8, 4) is 0 Å². The van der Waals surface area contributed by atoms with Gasteiger partial charge in [-0.25, -0.2) is 9.97 Å². The zero-order valence-electron chi connectivity index (χ0n) is 15.7. The molecule has 0 bridgehead atoms. The molecular formula is C23H24N4. The number of likely N-dealkylation sites (tertiary alicyclic amines) is 1. The number of pyridine rings is 1. The predicted octanol–water partition coefficient (Wildman–Crippen LogP) is 5.01. The largest absolute Gasteiger partial charge is 0.341 e. The van der Waals surface area contributed by atoms with Crippen molar-refractivity contribution in [1.29, 1.82) is 0 Å². The molecule has 4 heteroatoms. The molecule has 1 aliphatic heterocycles. The highest BCUT2D eigenvalue weighted by Gasteiger charge is 2.24. The van der Waals surface area contributed by atoms with Gasteiger partial charge in [0.15, 0.2) is 0 Å². The molecule has 136 valence electrons. The van der Waals surface area contributed by atoms with Crippen LogP contribution in [0.1, 0.15) is 36.1 Å². The van der Waals surface area contributed by atoms with Crippen molar-refractivity contribution >= 4 is 22.0 Å². The van der Waals surface area contributed by atoms with E-state index in [0.29, 0.717) is 6.04 Å². The third-order valence-electron chi connectivity index (χ3n) is 5.19. The molecule has 27 heavy (non-hydrogen) atoms. The molecular weight excluding hydrogens is 332 g/mol. The molecule has 1 aromatic carbocycles. The van der Waals surface area contributed by atoms with Crippen molar-refractivity contribution in [1.82, 2.24) is 19.9 Å². The number of nitrogens with zero attached hydrogens (tertiary/aromatic N) is 3. The van der Waals surface area contributed by atoms with Crippen LogP contribution in [0.25, 0.3) is 22.0 Å². The third kappa shape index (κ3) is 3.62. The molecule has 4 rings (SSSR count). The molecule has 1 atom stereocenters. The molecule has 0 radical (unpaired) electrons. The van der Waals surface area contributed by atoms with E-state index in [4.69, 9.17) is 0 Å². The van der Waals surface area contributed by atoms with Crippen LogP contribution in [-0.2, 0) is 0 Å². The monoisotopic (exact) mass is 356 g/mol. The van der Waals surface area contributed by atoms with Gasteiger partial charge in [-0.05, 0) is 49.7 Å². The predicted molar refractivity (Wildman–Crippen MR) is 112 cm³/mol. The Balaban J connectivity index is 1.47. The van der Waals surface area contributed by atoms with E-state index in [0.717, 1.165) is 52.2 Å². The highest BCUT2D eigenvalue weighted by Crippen LogP contribution is 2.29. The molecule has 1 unspecified atom stereocenters. The maximum absolute atomic E-state index is 4.68. The summed E-state index contributed by atoms with van der Waals surface area (Å²) >= 11 is 0. The van der Waals surface area contributed by atoms with Crippen molar-refractivity contribution in [3.63, 3.8) is 0 Å². The van der Waals surface area contributed by atoms with Crippen LogP contribution in [-0.4, -0.2) is 33.4 Å². The first-order valence-corrected chi connectivity index (χ1v) is 9.29. The fourth-order valence-corrected chi connectivity index (χ4v) is 3.55. The molecule has 0 spiro atoms. The van der Waals surface area contributed by atoms with Crippen LogP contribution in [0.4, 0.5) is 0 Å². The molecule has 2 aromatic heterocycles. The fourth-order valence-electron chi connectivity index (χ4n) is 3.55. The molecule has 4 nitrogen and oxygen atoms in total. The number of nitrogens with one attached hydrogen (secondary N) is 1. The lowest BCUT2D eigenvalue weighted by molar-refractivity contribution is 0.307. The van der Waals surface area contributed by atoms with E-state index in [2.05, 4.69) is 52.2 Å². The number of aromatic amines is 1. The SMILES string of the molecule is C=C(/C=C\C(=C)c1cnc(C2CCCN2C)[nH]1)c1ccc2ccccc2n1. The van der Waals surface area contributed by atoms with E-state index < -0.39 is 0 Å². The van der Waals surface area contributed by atoms with Gasteiger partial charge in [0.1, 0.15) is 5.82 Å². The highest BCUT2D eigenvalue weighted by molar-refractivity contribution is 5.83. The van der Waals surface area contributed by atoms with Crippen LogP contribution in [0, 0.1) is 0 Å². The van der Waals surface area contributed by atoms with Gasteiger partial charge in [-0.15, -0.1) is 0 Å². The number of hydrogen-bond donors (Lipinski definition) is 1. The van der Waals surface area contributed by atoms with Gasteiger partial charge in [-0.2, -0.15) is 0 Å². The van der Waals surface area contributed by atoms with Gasteiger partial charge in [-0.3, -0.25) is 4.90 Å². The summed E-state index contributed by atoms with van der Waals surface area (Å²) in [7, 11) is 2.15. The molecule has 1 N–H and O–H groups in total. The topological polar surface area (TPSA) is 44.8 Å². The molecule has 0 aliphatic carbocycles.